The van der Waals surface area contributed by atoms with Crippen LogP contribution in [0, 0.1) is 5.82 Å². The maximum Gasteiger partial charge on any atom is 0.129 e. The molecule has 3 unspecified atom stereocenters. The lowest BCUT2D eigenvalue weighted by molar-refractivity contribution is -0.0602. The summed E-state index contributed by atoms with van der Waals surface area (Å²) in [7, 11) is 0. The van der Waals surface area contributed by atoms with Crippen LogP contribution in [0.1, 0.15) is 25.5 Å². The third kappa shape index (κ3) is 3.92. The van der Waals surface area contributed by atoms with E-state index in [0.29, 0.717) is 10.6 Å². The zero-order valence-corrected chi connectivity index (χ0v) is 10.6. The second-order valence-electron chi connectivity index (χ2n) is 3.97. The van der Waals surface area contributed by atoms with Crippen LogP contribution >= 0.6 is 11.6 Å². The first-order valence-electron chi connectivity index (χ1n) is 5.44. The number of halogens is 2. The van der Waals surface area contributed by atoms with Gasteiger partial charge in [-0.05, 0) is 32.0 Å². The minimum Gasteiger partial charge on any atom is -0.391 e. The van der Waals surface area contributed by atoms with Crippen LogP contribution in [-0.2, 0) is 4.74 Å². The van der Waals surface area contributed by atoms with Crippen molar-refractivity contribution in [2.45, 2.75) is 32.2 Å². The van der Waals surface area contributed by atoms with Crippen molar-refractivity contribution in [3.8, 4) is 0 Å². The standard InChI is InChI=1S/C12H17ClFNO2/c1-7(16)8(2)17-12(6-15)10-5-9(13)3-4-11(10)14/h3-5,7-8,12,16H,6,15H2,1-2H3. The summed E-state index contributed by atoms with van der Waals surface area (Å²) in [4.78, 5) is 0. The lowest BCUT2D eigenvalue weighted by atomic mass is 10.1. The molecule has 0 aliphatic heterocycles. The lowest BCUT2D eigenvalue weighted by Gasteiger charge is -2.23. The zero-order chi connectivity index (χ0) is 13.0. The number of ether oxygens (including phenoxy) is 1. The predicted octanol–water partition coefficient (Wildman–Crippen LogP) is 2.26. The van der Waals surface area contributed by atoms with Gasteiger partial charge in [0.2, 0.25) is 0 Å². The summed E-state index contributed by atoms with van der Waals surface area (Å²) in [6.07, 6.45) is -1.69. The summed E-state index contributed by atoms with van der Waals surface area (Å²) in [5.41, 5.74) is 5.87. The fourth-order valence-corrected chi connectivity index (χ4v) is 1.57. The molecule has 1 rings (SSSR count). The second kappa shape index (κ2) is 6.31. The first-order chi connectivity index (χ1) is 7.95. The molecule has 1 aromatic carbocycles. The summed E-state index contributed by atoms with van der Waals surface area (Å²) in [5.74, 6) is -0.414. The van der Waals surface area contributed by atoms with E-state index in [-0.39, 0.29) is 6.54 Å². The van der Waals surface area contributed by atoms with Gasteiger partial charge in [0, 0.05) is 17.1 Å². The molecule has 0 aliphatic carbocycles. The van der Waals surface area contributed by atoms with E-state index in [2.05, 4.69) is 0 Å². The van der Waals surface area contributed by atoms with Gasteiger partial charge >= 0.3 is 0 Å². The SMILES string of the molecule is CC(O)C(C)OC(CN)c1cc(Cl)ccc1F. The fraction of sp³-hybridized carbons (Fsp3) is 0.500. The quantitative estimate of drug-likeness (QED) is 0.855. The van der Waals surface area contributed by atoms with Gasteiger partial charge in [0.1, 0.15) is 5.82 Å². The van der Waals surface area contributed by atoms with Gasteiger partial charge in [-0.25, -0.2) is 4.39 Å². The summed E-state index contributed by atoms with van der Waals surface area (Å²) in [6.45, 7) is 3.43. The van der Waals surface area contributed by atoms with Crippen molar-refractivity contribution in [1.82, 2.24) is 0 Å². The van der Waals surface area contributed by atoms with Crippen LogP contribution in [-0.4, -0.2) is 23.9 Å². The number of aliphatic hydroxyl groups is 1. The van der Waals surface area contributed by atoms with Crippen molar-refractivity contribution in [3.63, 3.8) is 0 Å². The molecule has 0 spiro atoms. The first kappa shape index (κ1) is 14.4. The van der Waals surface area contributed by atoms with Gasteiger partial charge in [-0.2, -0.15) is 0 Å². The Kier molecular flexibility index (Phi) is 5.33. The molecule has 0 aliphatic rings. The number of hydrogen-bond donors (Lipinski definition) is 2. The van der Waals surface area contributed by atoms with Crippen LogP contribution in [0.3, 0.4) is 0 Å². The topological polar surface area (TPSA) is 55.5 Å². The first-order valence-corrected chi connectivity index (χ1v) is 5.82. The molecule has 0 aromatic heterocycles. The highest BCUT2D eigenvalue weighted by molar-refractivity contribution is 6.30. The Morgan fingerprint density at radius 2 is 2.12 bits per heavy atom. The van der Waals surface area contributed by atoms with Gasteiger partial charge in [0.25, 0.3) is 0 Å². The highest BCUT2D eigenvalue weighted by Crippen LogP contribution is 2.25. The third-order valence-electron chi connectivity index (χ3n) is 2.58. The molecule has 3 atom stereocenters. The normalized spacial score (nSPS) is 16.6. The van der Waals surface area contributed by atoms with Crippen LogP contribution in [0.5, 0.6) is 0 Å². The van der Waals surface area contributed by atoms with E-state index in [4.69, 9.17) is 22.1 Å². The summed E-state index contributed by atoms with van der Waals surface area (Å²) in [6, 6.07) is 4.23. The van der Waals surface area contributed by atoms with E-state index in [0.717, 1.165) is 0 Å². The van der Waals surface area contributed by atoms with Crippen molar-refractivity contribution in [2.24, 2.45) is 5.73 Å². The molecule has 0 radical (unpaired) electrons. The Bertz CT molecular complexity index is 374. The summed E-state index contributed by atoms with van der Waals surface area (Å²) < 4.78 is 19.1. The Hall–Kier alpha value is -0.680. The van der Waals surface area contributed by atoms with Crippen LogP contribution in [0.4, 0.5) is 4.39 Å². The molecule has 0 saturated heterocycles. The minimum atomic E-state index is -0.647. The Balaban J connectivity index is 2.89. The molecule has 0 fully saturated rings. The molecular weight excluding hydrogens is 245 g/mol. The minimum absolute atomic E-state index is 0.119. The molecule has 0 amide bonds. The molecule has 0 heterocycles. The average Bonchev–Trinajstić information content (AvgIpc) is 2.29. The van der Waals surface area contributed by atoms with E-state index < -0.39 is 24.1 Å². The van der Waals surface area contributed by atoms with E-state index in [1.165, 1.54) is 18.2 Å². The van der Waals surface area contributed by atoms with Crippen LogP contribution in [0.15, 0.2) is 18.2 Å². The predicted molar refractivity (Wildman–Crippen MR) is 65.4 cm³/mol. The lowest BCUT2D eigenvalue weighted by Crippen LogP contribution is -2.28. The highest BCUT2D eigenvalue weighted by atomic mass is 35.5. The van der Waals surface area contributed by atoms with Crippen molar-refractivity contribution >= 4 is 11.6 Å². The number of rotatable bonds is 5. The van der Waals surface area contributed by atoms with Gasteiger partial charge in [-0.3, -0.25) is 0 Å². The van der Waals surface area contributed by atoms with Crippen molar-refractivity contribution in [3.05, 3.63) is 34.6 Å². The Labute approximate surface area is 105 Å². The average molecular weight is 262 g/mol. The monoisotopic (exact) mass is 261 g/mol. The van der Waals surface area contributed by atoms with E-state index in [1.54, 1.807) is 13.8 Å². The van der Waals surface area contributed by atoms with Crippen LogP contribution < -0.4 is 5.73 Å². The van der Waals surface area contributed by atoms with Crippen molar-refractivity contribution < 1.29 is 14.2 Å². The number of aliphatic hydroxyl groups excluding tert-OH is 1. The van der Waals surface area contributed by atoms with E-state index in [1.807, 2.05) is 0 Å². The second-order valence-corrected chi connectivity index (χ2v) is 4.41. The van der Waals surface area contributed by atoms with Crippen molar-refractivity contribution in [2.75, 3.05) is 6.54 Å². The Morgan fingerprint density at radius 3 is 2.65 bits per heavy atom. The molecule has 96 valence electrons. The molecule has 3 nitrogen and oxygen atoms in total. The van der Waals surface area contributed by atoms with Gasteiger partial charge in [-0.1, -0.05) is 11.6 Å². The maximum absolute atomic E-state index is 13.6. The van der Waals surface area contributed by atoms with Crippen LogP contribution in [0.25, 0.3) is 0 Å². The summed E-state index contributed by atoms with van der Waals surface area (Å²) >= 11 is 5.80. The van der Waals surface area contributed by atoms with E-state index >= 15 is 0 Å². The molecule has 5 heteroatoms. The highest BCUT2D eigenvalue weighted by Gasteiger charge is 2.20. The zero-order valence-electron chi connectivity index (χ0n) is 9.86. The molecular formula is C12H17ClFNO2. The largest absolute Gasteiger partial charge is 0.391 e. The van der Waals surface area contributed by atoms with Crippen molar-refractivity contribution in [1.29, 1.82) is 0 Å². The van der Waals surface area contributed by atoms with Gasteiger partial charge in [0.15, 0.2) is 0 Å². The fourth-order valence-electron chi connectivity index (χ4n) is 1.39. The molecule has 0 bridgehead atoms. The van der Waals surface area contributed by atoms with Gasteiger partial charge in [-0.15, -0.1) is 0 Å². The van der Waals surface area contributed by atoms with Gasteiger partial charge < -0.3 is 15.6 Å². The molecule has 17 heavy (non-hydrogen) atoms. The molecule has 3 N–H and O–H groups in total. The smallest absolute Gasteiger partial charge is 0.129 e. The Morgan fingerprint density at radius 1 is 1.47 bits per heavy atom. The van der Waals surface area contributed by atoms with Gasteiger partial charge in [0.05, 0.1) is 18.3 Å². The number of nitrogens with two attached hydrogens (primary N) is 1. The number of hydrogen-bond acceptors (Lipinski definition) is 3. The van der Waals surface area contributed by atoms with E-state index in [9.17, 15) is 9.50 Å². The molecule has 0 saturated carbocycles. The van der Waals surface area contributed by atoms with Crippen LogP contribution in [0.2, 0.25) is 5.02 Å². The third-order valence-corrected chi connectivity index (χ3v) is 2.81. The molecule has 1 aromatic rings. The summed E-state index contributed by atoms with van der Waals surface area (Å²) in [5, 5.41) is 9.77. The number of benzene rings is 1. The maximum atomic E-state index is 13.6.